The van der Waals surface area contributed by atoms with Crippen molar-refractivity contribution >= 4 is 23.2 Å². The number of hydrogen-bond donors (Lipinski definition) is 0. The SMILES string of the molecule is O=C(CN(CC1CCCO1)C(=O)c1ccc2c(c1)OCO2)N(Cc1ccc2c(c1)OCO2)Cc1cccs1. The number of carbonyl (C=O) groups excluding carboxylic acids is 2. The van der Waals surface area contributed by atoms with Gasteiger partial charge in [-0.2, -0.15) is 0 Å². The topological polar surface area (TPSA) is 86.8 Å². The van der Waals surface area contributed by atoms with Crippen LogP contribution in [-0.2, 0) is 22.6 Å². The first-order valence-electron chi connectivity index (χ1n) is 12.6. The Morgan fingerprint density at radius 1 is 0.868 bits per heavy atom. The van der Waals surface area contributed by atoms with Crippen molar-refractivity contribution in [1.29, 1.82) is 0 Å². The standard InChI is InChI=1S/C28H28N2O7S/c31-27(29(15-22-4-2-10-38-22)13-19-5-7-23-25(11-19)36-17-34-23)16-30(14-21-3-1-9-33-21)28(32)20-6-8-24-26(12-20)37-18-35-24/h2,4-8,10-12,21H,1,3,9,13-18H2. The molecule has 1 atom stereocenters. The summed E-state index contributed by atoms with van der Waals surface area (Å²) in [5.74, 6) is 2.11. The summed E-state index contributed by atoms with van der Waals surface area (Å²) in [6.07, 6.45) is 1.70. The van der Waals surface area contributed by atoms with E-state index in [2.05, 4.69) is 0 Å². The lowest BCUT2D eigenvalue weighted by atomic mass is 10.1. The Hall–Kier alpha value is -3.76. The molecule has 1 saturated heterocycles. The number of nitrogens with zero attached hydrogens (tertiary/aromatic N) is 2. The first kappa shape index (κ1) is 24.6. The summed E-state index contributed by atoms with van der Waals surface area (Å²) in [7, 11) is 0. The van der Waals surface area contributed by atoms with E-state index in [0.29, 0.717) is 54.8 Å². The molecule has 4 heterocycles. The highest BCUT2D eigenvalue weighted by Gasteiger charge is 2.29. The van der Waals surface area contributed by atoms with Crippen LogP contribution < -0.4 is 18.9 Å². The van der Waals surface area contributed by atoms with E-state index in [1.807, 2.05) is 35.7 Å². The van der Waals surface area contributed by atoms with Crippen LogP contribution in [0, 0.1) is 0 Å². The second-order valence-corrected chi connectivity index (χ2v) is 10.4. The molecule has 0 spiro atoms. The fourth-order valence-corrected chi connectivity index (χ4v) is 5.53. The van der Waals surface area contributed by atoms with Crippen molar-refractivity contribution in [2.24, 2.45) is 0 Å². The van der Waals surface area contributed by atoms with Crippen LogP contribution in [0.4, 0.5) is 0 Å². The van der Waals surface area contributed by atoms with Crippen LogP contribution in [0.3, 0.4) is 0 Å². The molecule has 0 aliphatic carbocycles. The molecule has 9 nitrogen and oxygen atoms in total. The van der Waals surface area contributed by atoms with Crippen molar-refractivity contribution in [3.8, 4) is 23.0 Å². The second-order valence-electron chi connectivity index (χ2n) is 9.41. The van der Waals surface area contributed by atoms with Gasteiger partial charge in [-0.1, -0.05) is 12.1 Å². The molecule has 1 fully saturated rings. The number of rotatable bonds is 9. The Morgan fingerprint density at radius 3 is 2.37 bits per heavy atom. The zero-order valence-corrected chi connectivity index (χ0v) is 21.6. The van der Waals surface area contributed by atoms with Gasteiger partial charge >= 0.3 is 0 Å². The first-order chi connectivity index (χ1) is 18.6. The van der Waals surface area contributed by atoms with Gasteiger partial charge in [0, 0.05) is 30.1 Å². The largest absolute Gasteiger partial charge is 0.454 e. The molecule has 38 heavy (non-hydrogen) atoms. The van der Waals surface area contributed by atoms with Gasteiger partial charge in [0.15, 0.2) is 23.0 Å². The zero-order valence-electron chi connectivity index (χ0n) is 20.8. The van der Waals surface area contributed by atoms with Gasteiger partial charge in [0.2, 0.25) is 19.5 Å². The van der Waals surface area contributed by atoms with E-state index in [0.717, 1.165) is 23.3 Å². The molecule has 1 aromatic heterocycles. The summed E-state index contributed by atoms with van der Waals surface area (Å²) < 4.78 is 27.6. The van der Waals surface area contributed by atoms with Gasteiger partial charge in [-0.05, 0) is 60.2 Å². The molecular formula is C28H28N2O7S. The third-order valence-corrected chi connectivity index (χ3v) is 7.63. The monoisotopic (exact) mass is 536 g/mol. The highest BCUT2D eigenvalue weighted by molar-refractivity contribution is 7.09. The van der Waals surface area contributed by atoms with Gasteiger partial charge in [-0.15, -0.1) is 11.3 Å². The zero-order chi connectivity index (χ0) is 25.9. The van der Waals surface area contributed by atoms with E-state index < -0.39 is 0 Å². The second kappa shape index (κ2) is 10.9. The Kier molecular flexibility index (Phi) is 7.06. The summed E-state index contributed by atoms with van der Waals surface area (Å²) in [6, 6.07) is 14.8. The van der Waals surface area contributed by atoms with Crippen molar-refractivity contribution in [3.63, 3.8) is 0 Å². The van der Waals surface area contributed by atoms with Crippen LogP contribution in [0.2, 0.25) is 0 Å². The summed E-state index contributed by atoms with van der Waals surface area (Å²) in [6.45, 7) is 2.08. The van der Waals surface area contributed by atoms with Crippen molar-refractivity contribution < 1.29 is 33.3 Å². The summed E-state index contributed by atoms with van der Waals surface area (Å²) in [5, 5.41) is 1.99. The lowest BCUT2D eigenvalue weighted by Crippen LogP contribution is -2.45. The van der Waals surface area contributed by atoms with Crippen LogP contribution in [0.5, 0.6) is 23.0 Å². The minimum Gasteiger partial charge on any atom is -0.454 e. The van der Waals surface area contributed by atoms with Gasteiger partial charge < -0.3 is 33.5 Å². The van der Waals surface area contributed by atoms with Gasteiger partial charge in [0.1, 0.15) is 6.54 Å². The lowest BCUT2D eigenvalue weighted by Gasteiger charge is -2.29. The molecule has 198 valence electrons. The predicted octanol–water partition coefficient (Wildman–Crippen LogP) is 4.06. The number of benzene rings is 2. The Labute approximate surface area is 224 Å². The van der Waals surface area contributed by atoms with Gasteiger partial charge in [-0.25, -0.2) is 0 Å². The molecule has 0 saturated carbocycles. The van der Waals surface area contributed by atoms with Gasteiger partial charge in [-0.3, -0.25) is 9.59 Å². The lowest BCUT2D eigenvalue weighted by molar-refractivity contribution is -0.133. The maximum absolute atomic E-state index is 13.8. The van der Waals surface area contributed by atoms with Crippen LogP contribution in [0.1, 0.15) is 33.6 Å². The molecule has 2 amide bonds. The van der Waals surface area contributed by atoms with E-state index in [9.17, 15) is 9.59 Å². The Morgan fingerprint density at radius 2 is 1.63 bits per heavy atom. The van der Waals surface area contributed by atoms with E-state index in [-0.39, 0.29) is 38.0 Å². The fourth-order valence-electron chi connectivity index (χ4n) is 4.81. The molecule has 10 heteroatoms. The van der Waals surface area contributed by atoms with Crippen molar-refractivity contribution in [2.75, 3.05) is 33.3 Å². The Bertz CT molecular complexity index is 1310. The summed E-state index contributed by atoms with van der Waals surface area (Å²) >= 11 is 1.59. The minimum atomic E-state index is -0.244. The fraction of sp³-hybridized carbons (Fsp3) is 0.357. The molecule has 6 rings (SSSR count). The van der Waals surface area contributed by atoms with E-state index in [1.165, 1.54) is 0 Å². The van der Waals surface area contributed by atoms with Crippen LogP contribution in [-0.4, -0.2) is 61.0 Å². The number of carbonyl (C=O) groups is 2. The van der Waals surface area contributed by atoms with Gasteiger partial charge in [0.05, 0.1) is 12.6 Å². The van der Waals surface area contributed by atoms with Crippen molar-refractivity contribution in [1.82, 2.24) is 9.80 Å². The molecule has 3 aliphatic heterocycles. The average molecular weight is 537 g/mol. The first-order valence-corrected chi connectivity index (χ1v) is 13.5. The summed E-state index contributed by atoms with van der Waals surface area (Å²) in [5.41, 5.74) is 1.37. The maximum Gasteiger partial charge on any atom is 0.254 e. The molecule has 0 bridgehead atoms. The quantitative estimate of drug-likeness (QED) is 0.408. The minimum absolute atomic E-state index is 0.0664. The molecule has 1 unspecified atom stereocenters. The molecule has 3 aromatic rings. The number of fused-ring (bicyclic) bond motifs is 2. The van der Waals surface area contributed by atoms with E-state index >= 15 is 0 Å². The normalized spacial score (nSPS) is 17.0. The number of amides is 2. The third-order valence-electron chi connectivity index (χ3n) is 6.77. The van der Waals surface area contributed by atoms with Crippen LogP contribution in [0.15, 0.2) is 53.9 Å². The molecule has 0 radical (unpaired) electrons. The van der Waals surface area contributed by atoms with E-state index in [1.54, 1.807) is 39.3 Å². The molecule has 0 N–H and O–H groups in total. The number of hydrogen-bond acceptors (Lipinski definition) is 8. The molecular weight excluding hydrogens is 508 g/mol. The third kappa shape index (κ3) is 5.41. The Balaban J connectivity index is 1.23. The van der Waals surface area contributed by atoms with Crippen molar-refractivity contribution in [3.05, 3.63) is 69.9 Å². The van der Waals surface area contributed by atoms with Crippen molar-refractivity contribution in [2.45, 2.75) is 32.0 Å². The van der Waals surface area contributed by atoms with Gasteiger partial charge in [0.25, 0.3) is 5.91 Å². The van der Waals surface area contributed by atoms with E-state index in [4.69, 9.17) is 23.7 Å². The molecule has 3 aliphatic rings. The average Bonchev–Trinajstić information content (AvgIpc) is 3.74. The number of thiophene rings is 1. The predicted molar refractivity (Wildman–Crippen MR) is 139 cm³/mol. The molecule has 2 aromatic carbocycles. The highest BCUT2D eigenvalue weighted by atomic mass is 32.1. The van der Waals surface area contributed by atoms with Crippen LogP contribution in [0.25, 0.3) is 0 Å². The summed E-state index contributed by atoms with van der Waals surface area (Å²) in [4.78, 5) is 31.9. The number of ether oxygens (including phenoxy) is 5. The highest BCUT2D eigenvalue weighted by Crippen LogP contribution is 2.34. The van der Waals surface area contributed by atoms with Crippen LogP contribution >= 0.6 is 11.3 Å². The smallest absolute Gasteiger partial charge is 0.254 e. The maximum atomic E-state index is 13.8.